The number of rotatable bonds is 7. The first-order valence-corrected chi connectivity index (χ1v) is 12.4. The van der Waals surface area contributed by atoms with Crippen molar-refractivity contribution < 1.29 is 19.4 Å². The van der Waals surface area contributed by atoms with Crippen LogP contribution in [0.3, 0.4) is 0 Å². The van der Waals surface area contributed by atoms with Gasteiger partial charge in [-0.05, 0) is 76.2 Å². The maximum atomic E-state index is 12.2. The van der Waals surface area contributed by atoms with E-state index >= 15 is 0 Å². The summed E-state index contributed by atoms with van der Waals surface area (Å²) >= 11 is 3.54. The van der Waals surface area contributed by atoms with E-state index in [4.69, 9.17) is 10.5 Å². The minimum atomic E-state index is -1.01. The molecule has 8 heteroatoms. The van der Waals surface area contributed by atoms with Gasteiger partial charge in [0.25, 0.3) is 5.91 Å². The zero-order valence-electron chi connectivity index (χ0n) is 20.3. The molecule has 5 rings (SSSR count). The predicted molar refractivity (Wildman–Crippen MR) is 146 cm³/mol. The van der Waals surface area contributed by atoms with Crippen LogP contribution in [0.4, 0.5) is 5.69 Å². The van der Waals surface area contributed by atoms with Crippen LogP contribution in [0.5, 0.6) is 5.75 Å². The number of primary amides is 1. The lowest BCUT2D eigenvalue weighted by Gasteiger charge is -2.17. The summed E-state index contributed by atoms with van der Waals surface area (Å²) in [5.41, 5.74) is 14.5. The molecule has 0 atom stereocenters. The van der Waals surface area contributed by atoms with E-state index < -0.39 is 11.9 Å². The molecule has 0 aliphatic heterocycles. The van der Waals surface area contributed by atoms with Crippen LogP contribution in [0, 0.1) is 6.92 Å². The minimum absolute atomic E-state index is 0.187. The molecular weight excluding hydrogens is 534 g/mol. The number of carboxylic acid groups (broad SMARTS) is 1. The number of hydrogen-bond donors (Lipinski definition) is 3. The smallest absolute Gasteiger partial charge is 0.336 e. The number of anilines is 1. The number of methoxy groups -OCH3 is 1. The van der Waals surface area contributed by atoms with Gasteiger partial charge in [0, 0.05) is 34.9 Å². The highest BCUT2D eigenvalue weighted by Crippen LogP contribution is 2.45. The lowest BCUT2D eigenvalue weighted by atomic mass is 9.92. The molecule has 1 amide bonds. The Balaban J connectivity index is 1.56. The van der Waals surface area contributed by atoms with Crippen molar-refractivity contribution in [2.24, 2.45) is 5.73 Å². The maximum Gasteiger partial charge on any atom is 0.336 e. The van der Waals surface area contributed by atoms with E-state index in [-0.39, 0.29) is 5.56 Å². The number of carbonyl (C=O) groups is 2. The predicted octanol–water partition coefficient (Wildman–Crippen LogP) is 5.81. The van der Waals surface area contributed by atoms with Crippen LogP contribution in [-0.4, -0.2) is 29.1 Å². The van der Waals surface area contributed by atoms with E-state index in [0.717, 1.165) is 49.1 Å². The summed E-state index contributed by atoms with van der Waals surface area (Å²) in [4.78, 5) is 28.4. The molecule has 0 saturated heterocycles. The second-order valence-electron chi connectivity index (χ2n) is 8.88. The second-order valence-corrected chi connectivity index (χ2v) is 9.79. The molecule has 37 heavy (non-hydrogen) atoms. The normalized spacial score (nSPS) is 11.5. The topological polar surface area (TPSA) is 115 Å². The third-order valence-corrected chi connectivity index (χ3v) is 7.25. The summed E-state index contributed by atoms with van der Waals surface area (Å²) in [6.45, 7) is 2.33. The van der Waals surface area contributed by atoms with Gasteiger partial charge in [-0.2, -0.15) is 0 Å². The van der Waals surface area contributed by atoms with E-state index in [1.54, 1.807) is 18.3 Å². The average molecular weight is 558 g/mol. The number of fused-ring (bicyclic) bond motifs is 3. The number of ether oxygens (including phenoxy) is 1. The number of nitrogens with one attached hydrogen (secondary N) is 1. The summed E-state index contributed by atoms with van der Waals surface area (Å²) in [6.07, 6.45) is 2.30. The molecule has 4 N–H and O–H groups in total. The molecule has 186 valence electrons. The largest absolute Gasteiger partial charge is 0.497 e. The van der Waals surface area contributed by atoms with Crippen molar-refractivity contribution in [3.05, 3.63) is 98.8 Å². The number of benzene rings is 3. The number of nitrogens with two attached hydrogens (primary N) is 1. The Morgan fingerprint density at radius 3 is 2.65 bits per heavy atom. The van der Waals surface area contributed by atoms with Crippen LogP contribution >= 0.6 is 15.9 Å². The fraction of sp³-hybridized carbons (Fsp3) is 0.138. The average Bonchev–Trinajstić information content (AvgIpc) is 3.25. The number of halogens is 1. The van der Waals surface area contributed by atoms with Crippen molar-refractivity contribution in [1.82, 2.24) is 4.98 Å². The molecule has 0 unspecified atom stereocenters. The van der Waals surface area contributed by atoms with Gasteiger partial charge < -0.3 is 20.9 Å². The minimum Gasteiger partial charge on any atom is -0.497 e. The molecule has 0 fully saturated rings. The van der Waals surface area contributed by atoms with Gasteiger partial charge in [0.05, 0.1) is 12.7 Å². The van der Waals surface area contributed by atoms with Crippen molar-refractivity contribution in [3.63, 3.8) is 0 Å². The third-order valence-electron chi connectivity index (χ3n) is 6.76. The highest BCUT2D eigenvalue weighted by molar-refractivity contribution is 9.10. The number of nitrogens with zero attached hydrogens (tertiary/aromatic N) is 1. The molecule has 3 aromatic carbocycles. The standard InChI is InChI=1S/C29H24BrN3O4/c1-15-20(4-3-5-25(15)32-13-16-6-8-19(37-2)12-22(16)29(35)36)24-14-33-27(28(31)34)23-11-17-10-18(30)7-9-21(17)26(23)24/h3-10,12,14,32H,11,13H2,1-2H3,(H2,31,34)(H,35,36). The maximum absolute atomic E-state index is 12.2. The van der Waals surface area contributed by atoms with E-state index in [9.17, 15) is 14.7 Å². The highest BCUT2D eigenvalue weighted by Gasteiger charge is 2.28. The number of amides is 1. The van der Waals surface area contributed by atoms with E-state index in [1.807, 2.05) is 37.3 Å². The van der Waals surface area contributed by atoms with E-state index in [0.29, 0.717) is 30.0 Å². The highest BCUT2D eigenvalue weighted by atomic mass is 79.9. The zero-order valence-corrected chi connectivity index (χ0v) is 21.8. The number of carboxylic acids is 1. The first kappa shape index (κ1) is 24.5. The molecule has 0 bridgehead atoms. The van der Waals surface area contributed by atoms with Crippen molar-refractivity contribution >= 4 is 33.5 Å². The molecule has 0 radical (unpaired) electrons. The molecule has 0 saturated carbocycles. The number of hydrogen-bond acceptors (Lipinski definition) is 5. The molecular formula is C29H24BrN3O4. The molecule has 7 nitrogen and oxygen atoms in total. The number of aromatic carboxylic acids is 1. The molecule has 1 aliphatic rings. The summed E-state index contributed by atoms with van der Waals surface area (Å²) < 4.78 is 6.14. The summed E-state index contributed by atoms with van der Waals surface area (Å²) in [6, 6.07) is 17.0. The van der Waals surface area contributed by atoms with E-state index in [2.05, 4.69) is 32.3 Å². The van der Waals surface area contributed by atoms with Crippen molar-refractivity contribution in [2.75, 3.05) is 12.4 Å². The Morgan fingerprint density at radius 1 is 1.11 bits per heavy atom. The fourth-order valence-electron chi connectivity index (χ4n) is 4.94. The lowest BCUT2D eigenvalue weighted by Crippen LogP contribution is -2.16. The van der Waals surface area contributed by atoms with Gasteiger partial charge in [0.2, 0.25) is 0 Å². The Kier molecular flexibility index (Phi) is 6.43. The zero-order chi connectivity index (χ0) is 26.3. The third kappa shape index (κ3) is 4.44. The van der Waals surface area contributed by atoms with Gasteiger partial charge in [0.15, 0.2) is 0 Å². The van der Waals surface area contributed by atoms with Crippen molar-refractivity contribution in [2.45, 2.75) is 19.9 Å². The van der Waals surface area contributed by atoms with Crippen LogP contribution in [0.1, 0.15) is 43.1 Å². The van der Waals surface area contributed by atoms with Gasteiger partial charge >= 0.3 is 5.97 Å². The first-order valence-electron chi connectivity index (χ1n) is 11.6. The van der Waals surface area contributed by atoms with Crippen molar-refractivity contribution in [1.29, 1.82) is 0 Å². The van der Waals surface area contributed by atoms with Crippen LogP contribution in [0.15, 0.2) is 65.3 Å². The Hall–Kier alpha value is -4.17. The molecule has 4 aromatic rings. The van der Waals surface area contributed by atoms with E-state index in [1.165, 1.54) is 13.2 Å². The van der Waals surface area contributed by atoms with Gasteiger partial charge in [-0.25, -0.2) is 4.79 Å². The number of pyridine rings is 1. The SMILES string of the molecule is COc1ccc(CNc2cccc(-c3cnc(C(N)=O)c4c3-c3ccc(Br)cc3C4)c2C)c(C(=O)O)c1. The molecule has 1 heterocycles. The number of aromatic nitrogens is 1. The monoisotopic (exact) mass is 557 g/mol. The van der Waals surface area contributed by atoms with Gasteiger partial charge in [-0.1, -0.05) is 40.2 Å². The quantitative estimate of drug-likeness (QED) is 0.232. The second kappa shape index (κ2) is 9.71. The van der Waals surface area contributed by atoms with Gasteiger partial charge in [-0.3, -0.25) is 9.78 Å². The fourth-order valence-corrected chi connectivity index (χ4v) is 5.35. The Labute approximate surface area is 222 Å². The summed E-state index contributed by atoms with van der Waals surface area (Å²) in [5.74, 6) is -1.06. The first-order chi connectivity index (χ1) is 17.8. The molecule has 1 aliphatic carbocycles. The van der Waals surface area contributed by atoms with Crippen LogP contribution in [-0.2, 0) is 13.0 Å². The van der Waals surface area contributed by atoms with Crippen molar-refractivity contribution in [3.8, 4) is 28.0 Å². The van der Waals surface area contributed by atoms with Gasteiger partial charge in [0.1, 0.15) is 11.4 Å². The molecule has 0 spiro atoms. The summed E-state index contributed by atoms with van der Waals surface area (Å²) in [5, 5.41) is 13.0. The lowest BCUT2D eigenvalue weighted by molar-refractivity contribution is 0.0695. The molecule has 1 aromatic heterocycles. The van der Waals surface area contributed by atoms with Crippen LogP contribution in [0.25, 0.3) is 22.3 Å². The number of carbonyl (C=O) groups excluding carboxylic acids is 1. The van der Waals surface area contributed by atoms with Crippen LogP contribution in [0.2, 0.25) is 0 Å². The van der Waals surface area contributed by atoms with Gasteiger partial charge in [-0.15, -0.1) is 0 Å². The summed E-state index contributed by atoms with van der Waals surface area (Å²) in [7, 11) is 1.51. The Bertz CT molecular complexity index is 1580. The Morgan fingerprint density at radius 2 is 1.92 bits per heavy atom. The van der Waals surface area contributed by atoms with Crippen LogP contribution < -0.4 is 15.8 Å².